The fourth-order valence-electron chi connectivity index (χ4n) is 1.55. The molecule has 18 heavy (non-hydrogen) atoms. The highest BCUT2D eigenvalue weighted by molar-refractivity contribution is 5.98. The van der Waals surface area contributed by atoms with E-state index < -0.39 is 0 Å². The number of Topliss-reactive ketones (excluding diaryl/α,β-unsaturated/α-hetero) is 1. The lowest BCUT2D eigenvalue weighted by Crippen LogP contribution is -2.13. The Bertz CT molecular complexity index is 517. The van der Waals surface area contributed by atoms with Crippen LogP contribution in [-0.2, 0) is 0 Å². The summed E-state index contributed by atoms with van der Waals surface area (Å²) in [4.78, 5) is 14.3. The number of benzene rings is 1. The van der Waals surface area contributed by atoms with E-state index in [2.05, 4.69) is 10.3 Å². The van der Waals surface area contributed by atoms with Crippen molar-refractivity contribution in [2.24, 2.45) is 0 Å². The summed E-state index contributed by atoms with van der Waals surface area (Å²) in [7, 11) is 1.82. The maximum absolute atomic E-state index is 11.2. The Hall–Kier alpha value is -1.81. The van der Waals surface area contributed by atoms with Gasteiger partial charge in [0.15, 0.2) is 5.78 Å². The van der Waals surface area contributed by atoms with Crippen LogP contribution in [0.15, 0.2) is 24.3 Å². The first-order valence-electron chi connectivity index (χ1n) is 6.12. The molecule has 4 nitrogen and oxygen atoms in total. The van der Waals surface area contributed by atoms with Crippen LogP contribution < -0.4 is 10.1 Å². The Morgan fingerprint density at radius 2 is 2.06 bits per heavy atom. The molecule has 2 aromatic rings. The molecule has 0 amide bonds. The van der Waals surface area contributed by atoms with Crippen molar-refractivity contribution in [1.82, 2.24) is 10.3 Å². The molecule has 0 unspecified atom stereocenters. The summed E-state index contributed by atoms with van der Waals surface area (Å²) >= 11 is 0. The smallest absolute Gasteiger partial charge is 0.175 e. The summed E-state index contributed by atoms with van der Waals surface area (Å²) in [6, 6.07) is 7.53. The first kappa shape index (κ1) is 14.3. The number of fused-ring (bicyclic) bond motifs is 1. The summed E-state index contributed by atoms with van der Waals surface area (Å²) in [6.07, 6.45) is 0. The Balaban J connectivity index is 0.000000771. The molecule has 0 atom stereocenters. The maximum Gasteiger partial charge on any atom is 0.175 e. The van der Waals surface area contributed by atoms with Gasteiger partial charge in [-0.05, 0) is 31.3 Å². The standard InChI is InChI=1S/C12H14N2O2.C2H6/c1-8(15)12-6-9-5-10(16-7-13-2)3-4-11(9)14-12;1-2/h3-6,13-14H,7H2,1-2H3;1-2H3. The van der Waals surface area contributed by atoms with Gasteiger partial charge < -0.3 is 9.72 Å². The second-order valence-corrected chi connectivity index (χ2v) is 3.63. The highest BCUT2D eigenvalue weighted by atomic mass is 16.5. The zero-order chi connectivity index (χ0) is 13.5. The third-order valence-electron chi connectivity index (χ3n) is 2.35. The van der Waals surface area contributed by atoms with Crippen molar-refractivity contribution in [1.29, 1.82) is 0 Å². The molecule has 4 heteroatoms. The fraction of sp³-hybridized carbons (Fsp3) is 0.357. The van der Waals surface area contributed by atoms with Gasteiger partial charge in [0.2, 0.25) is 0 Å². The van der Waals surface area contributed by atoms with E-state index in [0.717, 1.165) is 16.7 Å². The molecule has 0 radical (unpaired) electrons. The van der Waals surface area contributed by atoms with Gasteiger partial charge in [-0.3, -0.25) is 10.1 Å². The van der Waals surface area contributed by atoms with Gasteiger partial charge in [0.05, 0.1) is 5.69 Å². The van der Waals surface area contributed by atoms with Gasteiger partial charge in [-0.1, -0.05) is 13.8 Å². The third kappa shape index (κ3) is 3.34. The van der Waals surface area contributed by atoms with Gasteiger partial charge in [-0.25, -0.2) is 0 Å². The number of hydrogen-bond donors (Lipinski definition) is 2. The molecule has 0 aliphatic carbocycles. The summed E-state index contributed by atoms with van der Waals surface area (Å²) < 4.78 is 5.42. The van der Waals surface area contributed by atoms with E-state index in [1.807, 2.05) is 45.2 Å². The molecular formula is C14H20N2O2. The maximum atomic E-state index is 11.2. The summed E-state index contributed by atoms with van der Waals surface area (Å²) in [5.74, 6) is 0.824. The average molecular weight is 248 g/mol. The van der Waals surface area contributed by atoms with Crippen LogP contribution in [0.2, 0.25) is 0 Å². The molecule has 2 rings (SSSR count). The van der Waals surface area contributed by atoms with Crippen molar-refractivity contribution in [3.8, 4) is 5.75 Å². The molecule has 2 N–H and O–H groups in total. The Morgan fingerprint density at radius 1 is 1.33 bits per heavy atom. The van der Waals surface area contributed by atoms with Crippen LogP contribution in [-0.4, -0.2) is 24.5 Å². The second-order valence-electron chi connectivity index (χ2n) is 3.63. The number of rotatable bonds is 4. The zero-order valence-electron chi connectivity index (χ0n) is 11.3. The molecule has 0 aliphatic heterocycles. The van der Waals surface area contributed by atoms with Crippen LogP contribution in [0, 0.1) is 0 Å². The van der Waals surface area contributed by atoms with Crippen LogP contribution in [0.5, 0.6) is 5.75 Å². The predicted molar refractivity (Wildman–Crippen MR) is 74.2 cm³/mol. The largest absolute Gasteiger partial charge is 0.478 e. The number of H-pyrrole nitrogens is 1. The summed E-state index contributed by atoms with van der Waals surface area (Å²) in [6.45, 7) is 6.01. The van der Waals surface area contributed by atoms with Crippen LogP contribution in [0.25, 0.3) is 10.9 Å². The van der Waals surface area contributed by atoms with Crippen LogP contribution in [0.3, 0.4) is 0 Å². The van der Waals surface area contributed by atoms with Crippen molar-refractivity contribution in [2.75, 3.05) is 13.8 Å². The van der Waals surface area contributed by atoms with Gasteiger partial charge in [0, 0.05) is 17.8 Å². The monoisotopic (exact) mass is 248 g/mol. The van der Waals surface area contributed by atoms with Gasteiger partial charge in [0.25, 0.3) is 0 Å². The fourth-order valence-corrected chi connectivity index (χ4v) is 1.55. The highest BCUT2D eigenvalue weighted by Crippen LogP contribution is 2.21. The SMILES string of the molecule is CC.CNCOc1ccc2[nH]c(C(C)=O)cc2c1. The van der Waals surface area contributed by atoms with Crippen LogP contribution in [0.1, 0.15) is 31.3 Å². The van der Waals surface area contributed by atoms with E-state index >= 15 is 0 Å². The zero-order valence-corrected chi connectivity index (χ0v) is 11.3. The number of aromatic amines is 1. The molecule has 1 heterocycles. The third-order valence-corrected chi connectivity index (χ3v) is 2.35. The molecule has 0 fully saturated rings. The molecule has 0 spiro atoms. The quantitative estimate of drug-likeness (QED) is 0.646. The molecule has 98 valence electrons. The molecule has 1 aromatic heterocycles. The lowest BCUT2D eigenvalue weighted by molar-refractivity contribution is 0.101. The Labute approximate surface area is 107 Å². The van der Waals surface area contributed by atoms with E-state index in [4.69, 9.17) is 4.74 Å². The Morgan fingerprint density at radius 3 is 2.67 bits per heavy atom. The van der Waals surface area contributed by atoms with Crippen molar-refractivity contribution in [2.45, 2.75) is 20.8 Å². The number of aromatic nitrogens is 1. The summed E-state index contributed by atoms with van der Waals surface area (Å²) in [5.41, 5.74) is 1.57. The van der Waals surface area contributed by atoms with E-state index in [1.54, 1.807) is 6.92 Å². The van der Waals surface area contributed by atoms with Crippen molar-refractivity contribution < 1.29 is 9.53 Å². The number of ether oxygens (including phenoxy) is 1. The molecule has 1 aromatic carbocycles. The molecule has 0 aliphatic rings. The van der Waals surface area contributed by atoms with Gasteiger partial charge in [0.1, 0.15) is 12.5 Å². The number of carbonyl (C=O) groups is 1. The van der Waals surface area contributed by atoms with Crippen molar-refractivity contribution in [3.63, 3.8) is 0 Å². The molecular weight excluding hydrogens is 228 g/mol. The second kappa shape index (κ2) is 6.81. The van der Waals surface area contributed by atoms with E-state index in [-0.39, 0.29) is 5.78 Å². The summed E-state index contributed by atoms with van der Waals surface area (Å²) in [5, 5.41) is 3.89. The minimum Gasteiger partial charge on any atom is -0.478 e. The first-order chi connectivity index (χ1) is 8.70. The lowest BCUT2D eigenvalue weighted by Gasteiger charge is -2.04. The van der Waals surface area contributed by atoms with E-state index in [0.29, 0.717) is 12.4 Å². The molecule has 0 saturated carbocycles. The lowest BCUT2D eigenvalue weighted by atomic mass is 10.2. The molecule has 0 bridgehead atoms. The minimum atomic E-state index is 0.0360. The normalized spacial score (nSPS) is 9.78. The highest BCUT2D eigenvalue weighted by Gasteiger charge is 2.05. The van der Waals surface area contributed by atoms with Gasteiger partial charge in [-0.2, -0.15) is 0 Å². The minimum absolute atomic E-state index is 0.0360. The number of nitrogens with one attached hydrogen (secondary N) is 2. The molecule has 0 saturated heterocycles. The topological polar surface area (TPSA) is 54.1 Å². The number of hydrogen-bond acceptors (Lipinski definition) is 3. The first-order valence-corrected chi connectivity index (χ1v) is 6.12. The van der Waals surface area contributed by atoms with E-state index in [1.165, 1.54) is 0 Å². The number of ketones is 1. The van der Waals surface area contributed by atoms with E-state index in [9.17, 15) is 4.79 Å². The Kier molecular flexibility index (Phi) is 5.39. The van der Waals surface area contributed by atoms with Crippen LogP contribution >= 0.6 is 0 Å². The van der Waals surface area contributed by atoms with Crippen LogP contribution in [0.4, 0.5) is 0 Å². The number of carbonyl (C=O) groups excluding carboxylic acids is 1. The van der Waals surface area contributed by atoms with Gasteiger partial charge >= 0.3 is 0 Å². The average Bonchev–Trinajstić information content (AvgIpc) is 2.82. The van der Waals surface area contributed by atoms with Crippen molar-refractivity contribution in [3.05, 3.63) is 30.0 Å². The van der Waals surface area contributed by atoms with Crippen molar-refractivity contribution >= 4 is 16.7 Å². The predicted octanol–water partition coefficient (Wildman–Crippen LogP) is 2.95. The van der Waals surface area contributed by atoms with Gasteiger partial charge in [-0.15, -0.1) is 0 Å².